The van der Waals surface area contributed by atoms with Gasteiger partial charge in [-0.3, -0.25) is 9.58 Å². The summed E-state index contributed by atoms with van der Waals surface area (Å²) in [5.74, 6) is 0.966. The van der Waals surface area contributed by atoms with Gasteiger partial charge in [-0.2, -0.15) is 5.10 Å². The number of nitrogens with one attached hydrogen (secondary N) is 1. The van der Waals surface area contributed by atoms with Crippen molar-refractivity contribution in [2.75, 3.05) is 36.0 Å². The summed E-state index contributed by atoms with van der Waals surface area (Å²) in [6.07, 6.45) is 5.32. The van der Waals surface area contributed by atoms with Crippen LogP contribution in [-0.2, 0) is 0 Å². The monoisotopic (exact) mass is 335 g/mol. The van der Waals surface area contributed by atoms with E-state index in [0.29, 0.717) is 13.1 Å². The molecule has 1 N–H and O–H groups in total. The number of benzene rings is 1. The highest BCUT2D eigenvalue weighted by Gasteiger charge is 2.32. The lowest BCUT2D eigenvalue weighted by molar-refractivity contribution is 0.252. The van der Waals surface area contributed by atoms with Crippen LogP contribution in [0.15, 0.2) is 43.0 Å². The van der Waals surface area contributed by atoms with Gasteiger partial charge in [-0.1, -0.05) is 12.1 Å². The smallest absolute Gasteiger partial charge is 0.322 e. The molecule has 0 bridgehead atoms. The molecule has 0 aliphatic carbocycles. The Balaban J connectivity index is 1.33. The van der Waals surface area contributed by atoms with E-state index in [0.717, 1.165) is 35.5 Å². The molecule has 0 atom stereocenters. The van der Waals surface area contributed by atoms with E-state index in [1.165, 1.54) is 0 Å². The third kappa shape index (κ3) is 2.29. The van der Waals surface area contributed by atoms with Crippen molar-refractivity contribution >= 4 is 28.4 Å². The van der Waals surface area contributed by atoms with Crippen LogP contribution in [0.2, 0.25) is 0 Å². The summed E-state index contributed by atoms with van der Waals surface area (Å²) < 4.78 is 1.95. The first kappa shape index (κ1) is 14.2. The highest BCUT2D eigenvalue weighted by atomic mass is 16.2. The summed E-state index contributed by atoms with van der Waals surface area (Å²) in [7, 11) is 0. The molecule has 2 aliphatic rings. The Kier molecular flexibility index (Phi) is 3.09. The molecule has 3 aromatic rings. The number of aromatic nitrogens is 4. The van der Waals surface area contributed by atoms with Crippen molar-refractivity contribution in [3.05, 3.63) is 43.0 Å². The number of amides is 2. The third-order valence-electron chi connectivity index (χ3n) is 4.81. The minimum Gasteiger partial charge on any atom is -0.352 e. The molecule has 25 heavy (non-hydrogen) atoms. The first-order valence-electron chi connectivity index (χ1n) is 8.34. The summed E-state index contributed by atoms with van der Waals surface area (Å²) >= 11 is 0. The molecule has 5 rings (SSSR count). The van der Waals surface area contributed by atoms with E-state index in [-0.39, 0.29) is 12.1 Å². The third-order valence-corrected chi connectivity index (χ3v) is 4.81. The second kappa shape index (κ2) is 5.44. The van der Waals surface area contributed by atoms with Gasteiger partial charge in [0.05, 0.1) is 23.4 Å². The van der Waals surface area contributed by atoms with Crippen molar-refractivity contribution in [3.8, 4) is 0 Å². The lowest BCUT2D eigenvalue weighted by Crippen LogP contribution is -2.48. The number of carbonyl (C=O) groups excluding carboxylic acids is 1. The van der Waals surface area contributed by atoms with Gasteiger partial charge in [0.2, 0.25) is 0 Å². The minimum atomic E-state index is -0.0535. The number of fused-ring (bicyclic) bond motifs is 1. The van der Waals surface area contributed by atoms with Crippen LogP contribution in [0.3, 0.4) is 0 Å². The van der Waals surface area contributed by atoms with Crippen molar-refractivity contribution < 1.29 is 4.79 Å². The highest BCUT2D eigenvalue weighted by Crippen LogP contribution is 2.31. The van der Waals surface area contributed by atoms with E-state index in [1.54, 1.807) is 17.4 Å². The molecule has 8 heteroatoms. The number of nitrogens with zero attached hydrogens (tertiary/aromatic N) is 6. The van der Waals surface area contributed by atoms with Gasteiger partial charge in [-0.15, -0.1) is 0 Å². The summed E-state index contributed by atoms with van der Waals surface area (Å²) in [4.78, 5) is 24.5. The van der Waals surface area contributed by atoms with Crippen molar-refractivity contribution in [2.24, 2.45) is 0 Å². The Bertz CT molecular complexity index is 942. The normalized spacial score (nSPS) is 17.8. The molecule has 1 aromatic carbocycles. The van der Waals surface area contributed by atoms with Crippen molar-refractivity contribution in [1.29, 1.82) is 0 Å². The van der Waals surface area contributed by atoms with Gasteiger partial charge in [-0.05, 0) is 12.1 Å². The van der Waals surface area contributed by atoms with Gasteiger partial charge < -0.3 is 10.2 Å². The van der Waals surface area contributed by atoms with Gasteiger partial charge in [0, 0.05) is 37.8 Å². The van der Waals surface area contributed by atoms with E-state index in [2.05, 4.69) is 31.3 Å². The molecular weight excluding hydrogens is 318 g/mol. The Morgan fingerprint density at radius 1 is 1.16 bits per heavy atom. The SMILES string of the molecule is O=C1NCCN1c1cnn(C2CN(c3ncnc4ccccc34)C2)c1. The predicted octanol–water partition coefficient (Wildman–Crippen LogP) is 1.42. The molecule has 0 spiro atoms. The maximum atomic E-state index is 11.8. The molecule has 8 nitrogen and oxygen atoms in total. The topological polar surface area (TPSA) is 79.2 Å². The Labute approximate surface area is 144 Å². The maximum absolute atomic E-state index is 11.8. The largest absolute Gasteiger partial charge is 0.352 e. The molecule has 0 radical (unpaired) electrons. The van der Waals surface area contributed by atoms with Gasteiger partial charge in [-0.25, -0.2) is 14.8 Å². The van der Waals surface area contributed by atoms with Crippen LogP contribution in [0.4, 0.5) is 16.3 Å². The van der Waals surface area contributed by atoms with Crippen LogP contribution >= 0.6 is 0 Å². The lowest BCUT2D eigenvalue weighted by atomic mass is 10.1. The molecule has 4 heterocycles. The van der Waals surface area contributed by atoms with Crippen molar-refractivity contribution in [1.82, 2.24) is 25.1 Å². The fourth-order valence-electron chi connectivity index (χ4n) is 3.42. The average molecular weight is 335 g/mol. The predicted molar refractivity (Wildman–Crippen MR) is 93.8 cm³/mol. The molecule has 2 aromatic heterocycles. The zero-order valence-corrected chi connectivity index (χ0v) is 13.5. The van der Waals surface area contributed by atoms with Gasteiger partial charge in [0.1, 0.15) is 12.1 Å². The fraction of sp³-hybridized carbons (Fsp3) is 0.294. The zero-order valence-electron chi connectivity index (χ0n) is 13.5. The molecule has 0 unspecified atom stereocenters. The second-order valence-electron chi connectivity index (χ2n) is 6.34. The number of urea groups is 1. The van der Waals surface area contributed by atoms with Crippen LogP contribution in [-0.4, -0.2) is 52.0 Å². The first-order valence-corrected chi connectivity index (χ1v) is 8.34. The van der Waals surface area contributed by atoms with Crippen LogP contribution in [0.1, 0.15) is 6.04 Å². The number of hydrogen-bond donors (Lipinski definition) is 1. The summed E-state index contributed by atoms with van der Waals surface area (Å²) in [6.45, 7) is 3.05. The Hall–Kier alpha value is -3.16. The molecule has 126 valence electrons. The maximum Gasteiger partial charge on any atom is 0.322 e. The number of rotatable bonds is 3. The first-order chi connectivity index (χ1) is 12.3. The van der Waals surface area contributed by atoms with Gasteiger partial charge in [0.25, 0.3) is 0 Å². The van der Waals surface area contributed by atoms with Crippen LogP contribution < -0.4 is 15.1 Å². The quantitative estimate of drug-likeness (QED) is 0.783. The van der Waals surface area contributed by atoms with E-state index >= 15 is 0 Å². The van der Waals surface area contributed by atoms with Crippen molar-refractivity contribution in [2.45, 2.75) is 6.04 Å². The molecule has 2 saturated heterocycles. The molecule has 0 saturated carbocycles. The van der Waals surface area contributed by atoms with E-state index in [9.17, 15) is 4.79 Å². The Morgan fingerprint density at radius 3 is 2.88 bits per heavy atom. The Morgan fingerprint density at radius 2 is 2.04 bits per heavy atom. The molecular formula is C17H17N7O. The highest BCUT2D eigenvalue weighted by molar-refractivity contribution is 5.93. The van der Waals surface area contributed by atoms with Crippen LogP contribution in [0, 0.1) is 0 Å². The molecule has 2 amide bonds. The number of para-hydroxylation sites is 1. The average Bonchev–Trinajstić information content (AvgIpc) is 3.23. The molecule has 2 aliphatic heterocycles. The van der Waals surface area contributed by atoms with E-state index in [4.69, 9.17) is 0 Å². The number of carbonyl (C=O) groups is 1. The zero-order chi connectivity index (χ0) is 16.8. The van der Waals surface area contributed by atoms with E-state index < -0.39 is 0 Å². The summed E-state index contributed by atoms with van der Waals surface area (Å²) in [5.41, 5.74) is 1.80. The second-order valence-corrected chi connectivity index (χ2v) is 6.34. The van der Waals surface area contributed by atoms with Gasteiger partial charge >= 0.3 is 6.03 Å². The lowest BCUT2D eigenvalue weighted by Gasteiger charge is -2.40. The van der Waals surface area contributed by atoms with Crippen molar-refractivity contribution in [3.63, 3.8) is 0 Å². The number of anilines is 2. The number of hydrogen-bond acceptors (Lipinski definition) is 5. The summed E-state index contributed by atoms with van der Waals surface area (Å²) in [6, 6.07) is 8.27. The summed E-state index contributed by atoms with van der Waals surface area (Å²) in [5, 5.41) is 8.32. The fourth-order valence-corrected chi connectivity index (χ4v) is 3.42. The van der Waals surface area contributed by atoms with Crippen LogP contribution in [0.25, 0.3) is 10.9 Å². The standard InChI is InChI=1S/C17H17N7O/c25-17-18-5-6-23(17)12-7-21-24(10-12)13-8-22(9-13)16-14-3-1-2-4-15(14)19-11-20-16/h1-4,7,10-11,13H,5-6,8-9H2,(H,18,25). The minimum absolute atomic E-state index is 0.0535. The van der Waals surface area contributed by atoms with Gasteiger partial charge in [0.15, 0.2) is 0 Å². The molecule has 2 fully saturated rings. The van der Waals surface area contributed by atoms with E-state index in [1.807, 2.05) is 29.1 Å². The van der Waals surface area contributed by atoms with Crippen LogP contribution in [0.5, 0.6) is 0 Å².